The van der Waals surface area contributed by atoms with Crippen LogP contribution in [0.2, 0.25) is 0 Å². The molecule has 5 rings (SSSR count). The smallest absolute Gasteiger partial charge is 0.325 e. The number of nitrogens with zero attached hydrogens (tertiary/aromatic N) is 5. The standard InChI is InChI=1S/C23H18F4N6O/c24-18-4-3-16(30-22(34)32-7-1-2-8-32)10-17(18)19-13-33-12-15(11-29-21(33)31-19)14-5-6-28-20(9-14)23(25,26)27/h3-6,9-13H,1-2,7-8H2,(H,30,34). The van der Waals surface area contributed by atoms with E-state index < -0.39 is 17.7 Å². The van der Waals surface area contributed by atoms with E-state index in [0.29, 0.717) is 24.3 Å². The predicted molar refractivity (Wildman–Crippen MR) is 116 cm³/mol. The van der Waals surface area contributed by atoms with Crippen molar-refractivity contribution in [3.63, 3.8) is 0 Å². The van der Waals surface area contributed by atoms with Gasteiger partial charge in [-0.3, -0.25) is 9.38 Å². The molecule has 0 atom stereocenters. The first kappa shape index (κ1) is 21.8. The van der Waals surface area contributed by atoms with Crippen LogP contribution in [0.5, 0.6) is 0 Å². The van der Waals surface area contributed by atoms with Gasteiger partial charge in [0.05, 0.1) is 5.69 Å². The largest absolute Gasteiger partial charge is 0.433 e. The molecule has 7 nitrogen and oxygen atoms in total. The lowest BCUT2D eigenvalue weighted by molar-refractivity contribution is -0.141. The van der Waals surface area contributed by atoms with Crippen molar-refractivity contribution in [1.82, 2.24) is 24.3 Å². The van der Waals surface area contributed by atoms with Gasteiger partial charge >= 0.3 is 12.2 Å². The van der Waals surface area contributed by atoms with Crippen molar-refractivity contribution in [1.29, 1.82) is 0 Å². The van der Waals surface area contributed by atoms with Crippen LogP contribution >= 0.6 is 0 Å². The fraction of sp³-hybridized carbons (Fsp3) is 0.217. The van der Waals surface area contributed by atoms with Crippen molar-refractivity contribution in [2.75, 3.05) is 18.4 Å². The predicted octanol–water partition coefficient (Wildman–Crippen LogP) is 5.24. The molecule has 0 unspecified atom stereocenters. The quantitative estimate of drug-likeness (QED) is 0.416. The third-order valence-corrected chi connectivity index (χ3v) is 5.58. The molecule has 4 aromatic rings. The number of benzene rings is 1. The van der Waals surface area contributed by atoms with Crippen LogP contribution < -0.4 is 5.32 Å². The van der Waals surface area contributed by atoms with E-state index in [1.807, 2.05) is 0 Å². The molecule has 0 saturated carbocycles. The molecule has 1 N–H and O–H groups in total. The van der Waals surface area contributed by atoms with E-state index in [-0.39, 0.29) is 28.6 Å². The Bertz CT molecular complexity index is 1380. The van der Waals surface area contributed by atoms with Gasteiger partial charge in [0.25, 0.3) is 0 Å². The van der Waals surface area contributed by atoms with E-state index in [4.69, 9.17) is 0 Å². The van der Waals surface area contributed by atoms with Gasteiger partial charge < -0.3 is 10.2 Å². The number of hydrogen-bond acceptors (Lipinski definition) is 4. The first-order chi connectivity index (χ1) is 16.3. The molecule has 1 aromatic carbocycles. The van der Waals surface area contributed by atoms with E-state index in [1.54, 1.807) is 11.1 Å². The second-order valence-electron chi connectivity index (χ2n) is 7.92. The van der Waals surface area contributed by atoms with Crippen molar-refractivity contribution in [2.45, 2.75) is 19.0 Å². The highest BCUT2D eigenvalue weighted by molar-refractivity contribution is 5.90. The molecule has 174 valence electrons. The molecule has 0 radical (unpaired) electrons. The fourth-order valence-corrected chi connectivity index (χ4v) is 3.85. The average molecular weight is 470 g/mol. The average Bonchev–Trinajstić information content (AvgIpc) is 3.49. The van der Waals surface area contributed by atoms with Gasteiger partial charge in [0.2, 0.25) is 5.78 Å². The number of carbonyl (C=O) groups is 1. The van der Waals surface area contributed by atoms with E-state index in [0.717, 1.165) is 25.1 Å². The maximum atomic E-state index is 14.6. The fourth-order valence-electron chi connectivity index (χ4n) is 3.85. The summed E-state index contributed by atoms with van der Waals surface area (Å²) in [6, 6.07) is 6.35. The SMILES string of the molecule is O=C(Nc1ccc(F)c(-c2cn3cc(-c4ccnc(C(F)(F)F)c4)cnc3n2)c1)N1CCCC1. The maximum absolute atomic E-state index is 14.6. The zero-order valence-electron chi connectivity index (χ0n) is 17.7. The third kappa shape index (κ3) is 4.28. The number of aromatic nitrogens is 4. The Morgan fingerprint density at radius 2 is 1.79 bits per heavy atom. The highest BCUT2D eigenvalue weighted by Gasteiger charge is 2.32. The highest BCUT2D eigenvalue weighted by Crippen LogP contribution is 2.31. The molecule has 1 aliphatic heterocycles. The first-order valence-corrected chi connectivity index (χ1v) is 10.5. The number of imidazole rings is 1. The number of halogens is 4. The Morgan fingerprint density at radius 3 is 2.56 bits per heavy atom. The number of urea groups is 1. The molecule has 1 fully saturated rings. The van der Waals surface area contributed by atoms with Gasteiger partial charge in [-0.15, -0.1) is 0 Å². The Kier molecular flexibility index (Phi) is 5.39. The van der Waals surface area contributed by atoms with Crippen molar-refractivity contribution in [3.05, 3.63) is 66.6 Å². The number of likely N-dealkylation sites (tertiary alicyclic amines) is 1. The number of alkyl halides is 3. The van der Waals surface area contributed by atoms with Gasteiger partial charge in [-0.1, -0.05) is 0 Å². The summed E-state index contributed by atoms with van der Waals surface area (Å²) in [4.78, 5) is 26.0. The molecular weight excluding hydrogens is 452 g/mol. The van der Waals surface area contributed by atoms with Crippen LogP contribution in [0, 0.1) is 5.82 Å². The lowest BCUT2D eigenvalue weighted by atomic mass is 10.1. The monoisotopic (exact) mass is 470 g/mol. The number of hydrogen-bond donors (Lipinski definition) is 1. The van der Waals surface area contributed by atoms with Crippen LogP contribution in [0.3, 0.4) is 0 Å². The highest BCUT2D eigenvalue weighted by atomic mass is 19.4. The summed E-state index contributed by atoms with van der Waals surface area (Å²) in [5.74, 6) is -0.290. The van der Waals surface area contributed by atoms with Gasteiger partial charge in [-0.05, 0) is 48.7 Å². The number of carbonyl (C=O) groups excluding carboxylic acids is 1. The molecule has 11 heteroatoms. The summed E-state index contributed by atoms with van der Waals surface area (Å²) in [5.41, 5.74) is 0.544. The van der Waals surface area contributed by atoms with Crippen LogP contribution in [0.15, 0.2) is 55.1 Å². The van der Waals surface area contributed by atoms with E-state index >= 15 is 0 Å². The number of rotatable bonds is 3. The van der Waals surface area contributed by atoms with Crippen LogP contribution in [-0.2, 0) is 6.18 Å². The van der Waals surface area contributed by atoms with Gasteiger partial charge in [-0.2, -0.15) is 13.2 Å². The molecule has 0 aliphatic carbocycles. The molecular formula is C23H18F4N6O. The van der Waals surface area contributed by atoms with Crippen molar-refractivity contribution in [3.8, 4) is 22.4 Å². The Labute approximate surface area is 191 Å². The van der Waals surface area contributed by atoms with Crippen molar-refractivity contribution < 1.29 is 22.4 Å². The van der Waals surface area contributed by atoms with Crippen LogP contribution in [-0.4, -0.2) is 43.4 Å². The summed E-state index contributed by atoms with van der Waals surface area (Å²) in [7, 11) is 0. The zero-order valence-corrected chi connectivity index (χ0v) is 17.7. The summed E-state index contributed by atoms with van der Waals surface area (Å²) in [5, 5.41) is 2.78. The van der Waals surface area contributed by atoms with Crippen molar-refractivity contribution in [2.24, 2.45) is 0 Å². The van der Waals surface area contributed by atoms with Gasteiger partial charge in [0.1, 0.15) is 11.5 Å². The number of fused-ring (bicyclic) bond motifs is 1. The van der Waals surface area contributed by atoms with Gasteiger partial charge in [-0.25, -0.2) is 19.2 Å². The number of amides is 2. The Balaban J connectivity index is 1.45. The van der Waals surface area contributed by atoms with E-state index in [2.05, 4.69) is 20.3 Å². The summed E-state index contributed by atoms with van der Waals surface area (Å²) >= 11 is 0. The number of nitrogens with one attached hydrogen (secondary N) is 1. The topological polar surface area (TPSA) is 75.4 Å². The summed E-state index contributed by atoms with van der Waals surface area (Å²) < 4.78 is 55.1. The van der Waals surface area contributed by atoms with Crippen LogP contribution in [0.25, 0.3) is 28.2 Å². The molecule has 34 heavy (non-hydrogen) atoms. The molecule has 4 heterocycles. The normalized spacial score (nSPS) is 14.1. The number of pyridine rings is 1. The molecule has 3 aromatic heterocycles. The number of anilines is 1. The molecule has 0 bridgehead atoms. The lowest BCUT2D eigenvalue weighted by Crippen LogP contribution is -2.32. The van der Waals surface area contributed by atoms with Crippen molar-refractivity contribution >= 4 is 17.5 Å². The minimum Gasteiger partial charge on any atom is -0.325 e. The summed E-state index contributed by atoms with van der Waals surface area (Å²) in [6.45, 7) is 1.37. The lowest BCUT2D eigenvalue weighted by Gasteiger charge is -2.16. The Morgan fingerprint density at radius 1 is 1.00 bits per heavy atom. The minimum atomic E-state index is -4.57. The maximum Gasteiger partial charge on any atom is 0.433 e. The zero-order chi connectivity index (χ0) is 23.9. The second-order valence-corrected chi connectivity index (χ2v) is 7.92. The van der Waals surface area contributed by atoms with E-state index in [9.17, 15) is 22.4 Å². The first-order valence-electron chi connectivity index (χ1n) is 10.5. The third-order valence-electron chi connectivity index (χ3n) is 5.58. The molecule has 2 amide bonds. The van der Waals surface area contributed by atoms with Gasteiger partial charge in [0, 0.05) is 54.7 Å². The van der Waals surface area contributed by atoms with Crippen LogP contribution in [0.4, 0.5) is 28.0 Å². The molecule has 1 aliphatic rings. The second kappa shape index (κ2) is 8.40. The molecule has 0 spiro atoms. The molecule has 1 saturated heterocycles. The summed E-state index contributed by atoms with van der Waals surface area (Å²) in [6.07, 6.45) is 2.91. The van der Waals surface area contributed by atoms with Gasteiger partial charge in [0.15, 0.2) is 0 Å². The van der Waals surface area contributed by atoms with E-state index in [1.165, 1.54) is 41.1 Å². The minimum absolute atomic E-state index is 0.162. The van der Waals surface area contributed by atoms with Crippen LogP contribution in [0.1, 0.15) is 18.5 Å². The Hall–Kier alpha value is -4.02.